The quantitative estimate of drug-likeness (QED) is 0.580. The SMILES string of the molecule is Cc1nn2c(c1-c1ccc(C(F)(F)F)cc1)NC(c1ccc(C(F)(F)F)nc1)C2=O. The summed E-state index contributed by atoms with van der Waals surface area (Å²) in [4.78, 5) is 16.1. The number of fused-ring (bicyclic) bond motifs is 1. The molecule has 0 radical (unpaired) electrons. The highest BCUT2D eigenvalue weighted by Crippen LogP contribution is 2.40. The molecule has 156 valence electrons. The van der Waals surface area contributed by atoms with Crippen molar-refractivity contribution in [2.45, 2.75) is 25.3 Å². The minimum absolute atomic E-state index is 0.203. The van der Waals surface area contributed by atoms with E-state index in [1.54, 1.807) is 6.92 Å². The number of halogens is 6. The van der Waals surface area contributed by atoms with Crippen LogP contribution >= 0.6 is 0 Å². The summed E-state index contributed by atoms with van der Waals surface area (Å²) in [5.74, 6) is -0.282. The number of benzene rings is 1. The highest BCUT2D eigenvalue weighted by molar-refractivity contribution is 5.98. The molecule has 2 aromatic heterocycles. The van der Waals surface area contributed by atoms with E-state index in [-0.39, 0.29) is 11.4 Å². The monoisotopic (exact) mass is 426 g/mol. The van der Waals surface area contributed by atoms with Crippen molar-refractivity contribution in [2.75, 3.05) is 5.32 Å². The Bertz CT molecular complexity index is 1110. The summed E-state index contributed by atoms with van der Waals surface area (Å²) in [5, 5.41) is 7.03. The summed E-state index contributed by atoms with van der Waals surface area (Å²) in [6.45, 7) is 1.60. The van der Waals surface area contributed by atoms with Crippen LogP contribution in [-0.4, -0.2) is 20.7 Å². The lowest BCUT2D eigenvalue weighted by atomic mass is 10.0. The minimum atomic E-state index is -4.61. The highest BCUT2D eigenvalue weighted by Gasteiger charge is 2.37. The van der Waals surface area contributed by atoms with Crippen LogP contribution in [0.2, 0.25) is 0 Å². The van der Waals surface area contributed by atoms with Gasteiger partial charge in [0.25, 0.3) is 5.91 Å². The van der Waals surface area contributed by atoms with Crippen LogP contribution in [0.15, 0.2) is 42.6 Å². The summed E-state index contributed by atoms with van der Waals surface area (Å²) in [6.07, 6.45) is -8.13. The Balaban J connectivity index is 1.67. The van der Waals surface area contributed by atoms with Gasteiger partial charge in [-0.3, -0.25) is 9.78 Å². The minimum Gasteiger partial charge on any atom is -0.354 e. The number of alkyl halides is 6. The van der Waals surface area contributed by atoms with Gasteiger partial charge < -0.3 is 5.32 Å². The zero-order valence-corrected chi connectivity index (χ0v) is 15.1. The van der Waals surface area contributed by atoms with E-state index in [0.717, 1.165) is 35.1 Å². The van der Waals surface area contributed by atoms with Crippen LogP contribution in [0.1, 0.15) is 33.4 Å². The van der Waals surface area contributed by atoms with Crippen LogP contribution in [-0.2, 0) is 12.4 Å². The largest absolute Gasteiger partial charge is 0.433 e. The number of rotatable bonds is 2. The number of hydrogen-bond donors (Lipinski definition) is 1. The highest BCUT2D eigenvalue weighted by atomic mass is 19.4. The van der Waals surface area contributed by atoms with Crippen molar-refractivity contribution in [1.82, 2.24) is 14.8 Å². The normalized spacial score (nSPS) is 16.5. The molecule has 1 aliphatic heterocycles. The third-order valence-electron chi connectivity index (χ3n) is 4.71. The van der Waals surface area contributed by atoms with Crippen LogP contribution in [0.25, 0.3) is 11.1 Å². The number of nitrogens with one attached hydrogen (secondary N) is 1. The summed E-state index contributed by atoms with van der Waals surface area (Å²) in [7, 11) is 0. The fourth-order valence-corrected chi connectivity index (χ4v) is 3.28. The Kier molecular flexibility index (Phi) is 4.37. The van der Waals surface area contributed by atoms with E-state index in [1.807, 2.05) is 0 Å². The first kappa shape index (κ1) is 19.9. The fraction of sp³-hybridized carbons (Fsp3) is 0.211. The van der Waals surface area contributed by atoms with Gasteiger partial charge in [0.15, 0.2) is 0 Å². The van der Waals surface area contributed by atoms with Crippen molar-refractivity contribution >= 4 is 11.7 Å². The third kappa shape index (κ3) is 3.29. The first-order chi connectivity index (χ1) is 14.0. The molecule has 1 N–H and O–H groups in total. The molecule has 0 saturated carbocycles. The predicted octanol–water partition coefficient (Wildman–Crippen LogP) is 5.10. The van der Waals surface area contributed by atoms with Crippen LogP contribution in [0.4, 0.5) is 32.2 Å². The summed E-state index contributed by atoms with van der Waals surface area (Å²) < 4.78 is 77.6. The fourth-order valence-electron chi connectivity index (χ4n) is 3.28. The molecule has 0 spiro atoms. The maximum Gasteiger partial charge on any atom is 0.433 e. The van der Waals surface area contributed by atoms with Crippen molar-refractivity contribution < 1.29 is 31.1 Å². The third-order valence-corrected chi connectivity index (χ3v) is 4.71. The van der Waals surface area contributed by atoms with Gasteiger partial charge in [-0.1, -0.05) is 18.2 Å². The van der Waals surface area contributed by atoms with Crippen LogP contribution in [0, 0.1) is 6.92 Å². The molecule has 5 nitrogen and oxygen atoms in total. The Morgan fingerprint density at radius 3 is 2.17 bits per heavy atom. The number of carbonyl (C=O) groups excluding carboxylic acids is 1. The lowest BCUT2D eigenvalue weighted by Gasteiger charge is -2.12. The van der Waals surface area contributed by atoms with E-state index in [4.69, 9.17) is 0 Å². The molecular weight excluding hydrogens is 414 g/mol. The Morgan fingerprint density at radius 2 is 1.63 bits per heavy atom. The number of pyridine rings is 1. The zero-order chi connectivity index (χ0) is 21.8. The van der Waals surface area contributed by atoms with E-state index in [9.17, 15) is 31.1 Å². The predicted molar refractivity (Wildman–Crippen MR) is 93.6 cm³/mol. The molecule has 4 rings (SSSR count). The smallest absolute Gasteiger partial charge is 0.354 e. The number of hydrogen-bond acceptors (Lipinski definition) is 4. The number of aromatic nitrogens is 3. The molecule has 1 atom stereocenters. The van der Waals surface area contributed by atoms with Crippen LogP contribution < -0.4 is 5.32 Å². The summed E-state index contributed by atoms with van der Waals surface area (Å²) >= 11 is 0. The lowest BCUT2D eigenvalue weighted by molar-refractivity contribution is -0.141. The van der Waals surface area contributed by atoms with Crippen LogP contribution in [0.3, 0.4) is 0 Å². The average molecular weight is 426 g/mol. The second-order valence-corrected chi connectivity index (χ2v) is 6.69. The molecule has 11 heteroatoms. The van der Waals surface area contributed by atoms with Gasteiger partial charge in [0, 0.05) is 17.3 Å². The summed E-state index contributed by atoms with van der Waals surface area (Å²) in [6, 6.07) is 5.28. The molecule has 30 heavy (non-hydrogen) atoms. The first-order valence-electron chi connectivity index (χ1n) is 8.58. The maximum absolute atomic E-state index is 12.8. The van der Waals surface area contributed by atoms with E-state index in [2.05, 4.69) is 15.4 Å². The molecule has 3 aromatic rings. The van der Waals surface area contributed by atoms with Gasteiger partial charge in [0.1, 0.15) is 17.6 Å². The molecular formula is C19H12F6N4O. The van der Waals surface area contributed by atoms with Crippen molar-refractivity contribution in [1.29, 1.82) is 0 Å². The Morgan fingerprint density at radius 1 is 0.967 bits per heavy atom. The number of carbonyl (C=O) groups is 1. The second kappa shape index (κ2) is 6.57. The van der Waals surface area contributed by atoms with Crippen molar-refractivity contribution in [3.63, 3.8) is 0 Å². The van der Waals surface area contributed by atoms with E-state index >= 15 is 0 Å². The standard InChI is InChI=1S/C19H12F6N4O/c1-9-14(10-2-5-12(6-3-10)18(20,21)22)16-27-15(17(30)29(16)28-9)11-4-7-13(26-8-11)19(23,24)25/h2-8,15,27H,1H3. The topological polar surface area (TPSA) is 59.8 Å². The zero-order valence-electron chi connectivity index (χ0n) is 15.1. The van der Waals surface area contributed by atoms with Crippen molar-refractivity contribution in [3.05, 3.63) is 65.1 Å². The van der Waals surface area contributed by atoms with Crippen molar-refractivity contribution in [3.8, 4) is 11.1 Å². The van der Waals surface area contributed by atoms with Gasteiger partial charge in [-0.2, -0.15) is 36.1 Å². The molecule has 3 heterocycles. The molecule has 0 aliphatic carbocycles. The number of anilines is 1. The number of nitrogens with zero attached hydrogens (tertiary/aromatic N) is 3. The van der Waals surface area contributed by atoms with E-state index in [1.165, 1.54) is 12.1 Å². The van der Waals surface area contributed by atoms with Gasteiger partial charge in [0.2, 0.25) is 0 Å². The van der Waals surface area contributed by atoms with Gasteiger partial charge in [-0.05, 0) is 30.7 Å². The maximum atomic E-state index is 12.8. The molecule has 0 bridgehead atoms. The molecule has 1 aliphatic rings. The second-order valence-electron chi connectivity index (χ2n) is 6.69. The molecule has 1 aromatic carbocycles. The summed E-state index contributed by atoms with van der Waals surface area (Å²) in [5.41, 5.74) is -0.446. The van der Waals surface area contributed by atoms with E-state index < -0.39 is 35.6 Å². The Labute approximate surface area is 165 Å². The van der Waals surface area contributed by atoms with Crippen LogP contribution in [0.5, 0.6) is 0 Å². The van der Waals surface area contributed by atoms with Gasteiger partial charge in [-0.25, -0.2) is 0 Å². The molecule has 1 unspecified atom stereocenters. The molecule has 0 saturated heterocycles. The Hall–Kier alpha value is -3.37. The van der Waals surface area contributed by atoms with E-state index in [0.29, 0.717) is 16.8 Å². The molecule has 0 fully saturated rings. The van der Waals surface area contributed by atoms with Gasteiger partial charge in [0.05, 0.1) is 11.3 Å². The number of aryl methyl sites for hydroxylation is 1. The average Bonchev–Trinajstić information content (AvgIpc) is 3.15. The van der Waals surface area contributed by atoms with Gasteiger partial charge in [-0.15, -0.1) is 0 Å². The first-order valence-corrected chi connectivity index (χ1v) is 8.58. The van der Waals surface area contributed by atoms with Crippen molar-refractivity contribution in [2.24, 2.45) is 0 Å². The molecule has 0 amide bonds. The van der Waals surface area contributed by atoms with Gasteiger partial charge >= 0.3 is 12.4 Å². The lowest BCUT2D eigenvalue weighted by Crippen LogP contribution is -2.18.